The van der Waals surface area contributed by atoms with Gasteiger partial charge in [-0.1, -0.05) is 18.6 Å². The summed E-state index contributed by atoms with van der Waals surface area (Å²) in [7, 11) is 1.70. The number of hydrogen-bond donors (Lipinski definition) is 1. The van der Waals surface area contributed by atoms with Crippen LogP contribution in [0, 0.1) is 0 Å². The molecule has 0 bridgehead atoms. The number of ether oxygens (including phenoxy) is 1. The number of carbonyl (C=O) groups excluding carboxylic acids is 1. The molecular formula is C28H28N2O3. The molecule has 0 unspecified atom stereocenters. The highest BCUT2D eigenvalue weighted by Crippen LogP contribution is 2.34. The largest absolute Gasteiger partial charge is 0.497 e. The Balaban J connectivity index is 1.48. The molecule has 0 saturated heterocycles. The minimum Gasteiger partial charge on any atom is -0.497 e. The van der Waals surface area contributed by atoms with Gasteiger partial charge in [0.2, 0.25) is 0 Å². The molecule has 168 valence electrons. The third kappa shape index (κ3) is 4.44. The molecule has 33 heavy (non-hydrogen) atoms. The van der Waals surface area contributed by atoms with Crippen molar-refractivity contribution in [3.05, 3.63) is 95.6 Å². The highest BCUT2D eigenvalue weighted by atomic mass is 16.5. The van der Waals surface area contributed by atoms with Crippen LogP contribution in [0.15, 0.2) is 77.4 Å². The van der Waals surface area contributed by atoms with Crippen molar-refractivity contribution < 1.29 is 13.9 Å². The van der Waals surface area contributed by atoms with Crippen molar-refractivity contribution in [2.24, 2.45) is 0 Å². The van der Waals surface area contributed by atoms with Gasteiger partial charge in [-0.25, -0.2) is 0 Å². The summed E-state index contributed by atoms with van der Waals surface area (Å²) in [5, 5.41) is 2.91. The smallest absolute Gasteiger partial charge is 0.251 e. The predicted molar refractivity (Wildman–Crippen MR) is 129 cm³/mol. The maximum Gasteiger partial charge on any atom is 0.251 e. The van der Waals surface area contributed by atoms with E-state index in [4.69, 9.17) is 9.15 Å². The zero-order valence-corrected chi connectivity index (χ0v) is 18.8. The molecule has 0 radical (unpaired) electrons. The highest BCUT2D eigenvalue weighted by Gasteiger charge is 2.20. The van der Waals surface area contributed by atoms with Gasteiger partial charge in [-0.15, -0.1) is 0 Å². The predicted octanol–water partition coefficient (Wildman–Crippen LogP) is 5.94. The molecule has 1 amide bonds. The number of rotatable bonds is 6. The molecule has 5 rings (SSSR count). The summed E-state index contributed by atoms with van der Waals surface area (Å²) in [5.74, 6) is 1.47. The lowest BCUT2D eigenvalue weighted by atomic mass is 10.1. The lowest BCUT2D eigenvalue weighted by Gasteiger charge is -2.15. The van der Waals surface area contributed by atoms with Gasteiger partial charge in [0.1, 0.15) is 11.5 Å². The van der Waals surface area contributed by atoms with Crippen molar-refractivity contribution in [3.63, 3.8) is 0 Å². The van der Waals surface area contributed by atoms with Crippen LogP contribution in [0.2, 0.25) is 0 Å². The maximum absolute atomic E-state index is 12.6. The Hall–Kier alpha value is -3.73. The molecule has 0 spiro atoms. The summed E-state index contributed by atoms with van der Waals surface area (Å²) in [5.41, 5.74) is 6.79. The molecule has 2 aromatic heterocycles. The normalized spacial score (nSPS) is 13.2. The zero-order chi connectivity index (χ0) is 22.6. The molecule has 0 aliphatic heterocycles. The Kier molecular flexibility index (Phi) is 6.03. The van der Waals surface area contributed by atoms with Crippen molar-refractivity contribution in [1.29, 1.82) is 0 Å². The van der Waals surface area contributed by atoms with Gasteiger partial charge < -0.3 is 19.0 Å². The number of aryl methyl sites for hydroxylation is 1. The highest BCUT2D eigenvalue weighted by molar-refractivity contribution is 5.94. The van der Waals surface area contributed by atoms with Crippen molar-refractivity contribution in [1.82, 2.24) is 9.88 Å². The molecule has 4 aromatic rings. The summed E-state index contributed by atoms with van der Waals surface area (Å²) in [6.45, 7) is 0.374. The monoisotopic (exact) mass is 440 g/mol. The zero-order valence-electron chi connectivity index (χ0n) is 18.8. The van der Waals surface area contributed by atoms with E-state index in [1.54, 1.807) is 13.4 Å². The van der Waals surface area contributed by atoms with Crippen molar-refractivity contribution in [2.45, 2.75) is 38.6 Å². The first-order valence-corrected chi connectivity index (χ1v) is 11.5. The second-order valence-electron chi connectivity index (χ2n) is 8.44. The van der Waals surface area contributed by atoms with Crippen LogP contribution in [-0.2, 0) is 19.4 Å². The minimum absolute atomic E-state index is 0.114. The third-order valence-electron chi connectivity index (χ3n) is 6.31. The molecule has 1 aliphatic carbocycles. The Bertz CT molecular complexity index is 1240. The summed E-state index contributed by atoms with van der Waals surface area (Å²) in [4.78, 5) is 12.6. The van der Waals surface area contributed by atoms with E-state index in [9.17, 15) is 4.79 Å². The number of furan rings is 1. The standard InChI is InChI=1S/C28H28N2O3/c1-32-24-9-5-8-21(17-24)27-18-22-7-3-2-4-11-26(22)30(27)23-14-12-20(13-15-23)28(31)29-19-25-10-6-16-33-25/h5-6,8-10,12-18H,2-4,7,11,19H2,1H3,(H,29,31). The van der Waals surface area contributed by atoms with Gasteiger partial charge in [0.05, 0.1) is 25.6 Å². The first-order chi connectivity index (χ1) is 16.2. The lowest BCUT2D eigenvalue weighted by Crippen LogP contribution is -2.22. The Morgan fingerprint density at radius 3 is 2.64 bits per heavy atom. The molecule has 5 heteroatoms. The molecule has 0 atom stereocenters. The fourth-order valence-electron chi connectivity index (χ4n) is 4.61. The average Bonchev–Trinajstić information content (AvgIpc) is 3.45. The van der Waals surface area contributed by atoms with Crippen LogP contribution in [-0.4, -0.2) is 17.6 Å². The molecule has 1 aliphatic rings. The van der Waals surface area contributed by atoms with Gasteiger partial charge in [0.25, 0.3) is 5.91 Å². The SMILES string of the molecule is COc1cccc(-c2cc3c(n2-c2ccc(C(=O)NCc4ccco4)cc2)CCCCC3)c1. The van der Waals surface area contributed by atoms with Gasteiger partial charge in [-0.3, -0.25) is 4.79 Å². The number of aromatic nitrogens is 1. The number of hydrogen-bond acceptors (Lipinski definition) is 3. The van der Waals surface area contributed by atoms with Crippen LogP contribution in [0.3, 0.4) is 0 Å². The number of fused-ring (bicyclic) bond motifs is 1. The van der Waals surface area contributed by atoms with E-state index in [0.717, 1.165) is 41.3 Å². The van der Waals surface area contributed by atoms with Crippen LogP contribution >= 0.6 is 0 Å². The third-order valence-corrected chi connectivity index (χ3v) is 6.31. The van der Waals surface area contributed by atoms with E-state index in [1.165, 1.54) is 30.5 Å². The topological polar surface area (TPSA) is 56.4 Å². The number of nitrogens with zero attached hydrogens (tertiary/aromatic N) is 1. The Morgan fingerprint density at radius 1 is 1.00 bits per heavy atom. The number of carbonyl (C=O) groups is 1. The van der Waals surface area contributed by atoms with Gasteiger partial charge in [0, 0.05) is 22.5 Å². The van der Waals surface area contributed by atoms with E-state index >= 15 is 0 Å². The molecule has 2 heterocycles. The molecule has 5 nitrogen and oxygen atoms in total. The first kappa shape index (κ1) is 21.1. The maximum atomic E-state index is 12.6. The van der Waals surface area contributed by atoms with Crippen LogP contribution in [0.5, 0.6) is 5.75 Å². The average molecular weight is 441 g/mol. The second kappa shape index (κ2) is 9.41. The summed E-state index contributed by atoms with van der Waals surface area (Å²) in [6.07, 6.45) is 7.45. The van der Waals surface area contributed by atoms with E-state index in [1.807, 2.05) is 48.5 Å². The van der Waals surface area contributed by atoms with Crippen molar-refractivity contribution in [3.8, 4) is 22.7 Å². The number of methoxy groups -OCH3 is 1. The molecule has 1 N–H and O–H groups in total. The van der Waals surface area contributed by atoms with Gasteiger partial charge in [-0.05, 0) is 85.8 Å². The fraction of sp³-hybridized carbons (Fsp3) is 0.250. The second-order valence-corrected chi connectivity index (χ2v) is 8.44. The summed E-state index contributed by atoms with van der Waals surface area (Å²) >= 11 is 0. The Morgan fingerprint density at radius 2 is 1.85 bits per heavy atom. The number of benzene rings is 2. The van der Waals surface area contributed by atoms with Gasteiger partial charge in [0.15, 0.2) is 0 Å². The van der Waals surface area contributed by atoms with Crippen molar-refractivity contribution >= 4 is 5.91 Å². The van der Waals surface area contributed by atoms with Gasteiger partial charge in [-0.2, -0.15) is 0 Å². The van der Waals surface area contributed by atoms with E-state index in [0.29, 0.717) is 12.1 Å². The number of nitrogens with one attached hydrogen (secondary N) is 1. The fourth-order valence-corrected chi connectivity index (χ4v) is 4.61. The van der Waals surface area contributed by atoms with Crippen LogP contribution < -0.4 is 10.1 Å². The van der Waals surface area contributed by atoms with Gasteiger partial charge >= 0.3 is 0 Å². The van der Waals surface area contributed by atoms with Crippen molar-refractivity contribution in [2.75, 3.05) is 7.11 Å². The summed E-state index contributed by atoms with van der Waals surface area (Å²) < 4.78 is 13.1. The number of amides is 1. The van der Waals surface area contributed by atoms with E-state index in [-0.39, 0.29) is 5.91 Å². The molecule has 0 saturated carbocycles. The first-order valence-electron chi connectivity index (χ1n) is 11.5. The molecule has 2 aromatic carbocycles. The lowest BCUT2D eigenvalue weighted by molar-refractivity contribution is 0.0948. The summed E-state index contributed by atoms with van der Waals surface area (Å²) in [6, 6.07) is 22.1. The van der Waals surface area contributed by atoms with E-state index in [2.05, 4.69) is 28.1 Å². The van der Waals surface area contributed by atoms with Crippen LogP contribution in [0.1, 0.15) is 46.6 Å². The van der Waals surface area contributed by atoms with E-state index < -0.39 is 0 Å². The Labute approximate surface area is 194 Å². The van der Waals surface area contributed by atoms with Crippen LogP contribution in [0.4, 0.5) is 0 Å². The van der Waals surface area contributed by atoms with Crippen LogP contribution in [0.25, 0.3) is 16.9 Å². The minimum atomic E-state index is -0.114. The molecular weight excluding hydrogens is 412 g/mol. The molecule has 0 fully saturated rings. The quantitative estimate of drug-likeness (QED) is 0.377.